The quantitative estimate of drug-likeness (QED) is 0.426. The van der Waals surface area contributed by atoms with Crippen molar-refractivity contribution in [3.8, 4) is 0 Å². The number of hydrogen-bond acceptors (Lipinski definition) is 6. The van der Waals surface area contributed by atoms with Crippen LogP contribution < -0.4 is 10.5 Å². The van der Waals surface area contributed by atoms with Gasteiger partial charge in [0.25, 0.3) is 5.69 Å². The molecule has 0 amide bonds. The molecule has 0 bridgehead atoms. The molecule has 0 fully saturated rings. The van der Waals surface area contributed by atoms with Gasteiger partial charge < -0.3 is 5.73 Å². The van der Waals surface area contributed by atoms with E-state index >= 15 is 0 Å². The van der Waals surface area contributed by atoms with E-state index in [4.69, 9.17) is 5.73 Å². The molecule has 2 unspecified atom stereocenters. The smallest absolute Gasteiger partial charge is 0.271 e. The van der Waals surface area contributed by atoms with Crippen molar-refractivity contribution in [1.29, 1.82) is 0 Å². The summed E-state index contributed by atoms with van der Waals surface area (Å²) in [4.78, 5) is 9.73. The zero-order valence-electron chi connectivity index (χ0n) is 11.6. The lowest BCUT2D eigenvalue weighted by Gasteiger charge is -2.14. The van der Waals surface area contributed by atoms with Gasteiger partial charge in [-0.3, -0.25) is 14.3 Å². The van der Waals surface area contributed by atoms with Gasteiger partial charge in [0.1, 0.15) is 4.90 Å². The van der Waals surface area contributed by atoms with Gasteiger partial charge in [0.15, 0.2) is 0 Å². The van der Waals surface area contributed by atoms with E-state index in [2.05, 4.69) is 4.72 Å². The number of nitrogens with zero attached hydrogens (tertiary/aromatic N) is 1. The third kappa shape index (κ3) is 5.06. The van der Waals surface area contributed by atoms with Crippen LogP contribution in [0.25, 0.3) is 0 Å². The lowest BCUT2D eigenvalue weighted by molar-refractivity contribution is -0.384. The Balaban J connectivity index is 2.93. The zero-order chi connectivity index (χ0) is 16.2. The maximum absolute atomic E-state index is 12.2. The SMILES string of the molecule is CC(CCS(C)=O)NS(=O)(=O)c1ccc([N+](=O)[O-])cc1N. The largest absolute Gasteiger partial charge is 0.397 e. The van der Waals surface area contributed by atoms with Crippen LogP contribution in [0.3, 0.4) is 0 Å². The third-order valence-corrected chi connectivity index (χ3v) is 5.16. The van der Waals surface area contributed by atoms with Crippen molar-refractivity contribution in [2.75, 3.05) is 17.7 Å². The maximum Gasteiger partial charge on any atom is 0.271 e. The molecule has 10 heteroatoms. The third-order valence-electron chi connectivity index (χ3n) is 2.69. The number of nitro groups is 1. The van der Waals surface area contributed by atoms with Gasteiger partial charge in [-0.05, 0) is 19.4 Å². The molecule has 0 aliphatic heterocycles. The molecule has 1 rings (SSSR count). The van der Waals surface area contributed by atoms with E-state index in [0.717, 1.165) is 18.2 Å². The van der Waals surface area contributed by atoms with Crippen LogP contribution in [-0.4, -0.2) is 35.6 Å². The van der Waals surface area contributed by atoms with Crippen molar-refractivity contribution < 1.29 is 17.6 Å². The van der Waals surface area contributed by atoms with Crippen molar-refractivity contribution in [1.82, 2.24) is 4.72 Å². The Morgan fingerprint density at radius 1 is 1.48 bits per heavy atom. The summed E-state index contributed by atoms with van der Waals surface area (Å²) in [5.41, 5.74) is 5.10. The molecule has 8 nitrogen and oxygen atoms in total. The molecule has 1 aromatic rings. The molecule has 0 spiro atoms. The monoisotopic (exact) mass is 335 g/mol. The molecule has 3 N–H and O–H groups in total. The average molecular weight is 335 g/mol. The van der Waals surface area contributed by atoms with Crippen LogP contribution in [0.5, 0.6) is 0 Å². The van der Waals surface area contributed by atoms with Gasteiger partial charge in [-0.1, -0.05) is 0 Å². The van der Waals surface area contributed by atoms with Crippen LogP contribution in [0.1, 0.15) is 13.3 Å². The summed E-state index contributed by atoms with van der Waals surface area (Å²) >= 11 is 0. The number of rotatable bonds is 7. The molecular weight excluding hydrogens is 318 g/mol. The standard InChI is InChI=1S/C11H17N3O5S2/c1-8(5-6-20(2)17)13-21(18,19)11-4-3-9(14(15)16)7-10(11)12/h3-4,7-8,13H,5-6,12H2,1-2H3. The predicted octanol–water partition coefficient (Wildman–Crippen LogP) is 0.612. The number of benzene rings is 1. The molecule has 0 aliphatic rings. The van der Waals surface area contributed by atoms with Crippen molar-refractivity contribution in [2.45, 2.75) is 24.3 Å². The van der Waals surface area contributed by atoms with Crippen LogP contribution in [0.4, 0.5) is 11.4 Å². The highest BCUT2D eigenvalue weighted by Gasteiger charge is 2.22. The normalized spacial score (nSPS) is 14.6. The number of sulfonamides is 1. The molecule has 0 saturated carbocycles. The fourth-order valence-electron chi connectivity index (χ4n) is 1.62. The van der Waals surface area contributed by atoms with E-state index in [9.17, 15) is 22.7 Å². The molecule has 1 aromatic carbocycles. The Kier molecular flexibility index (Phi) is 5.81. The second-order valence-electron chi connectivity index (χ2n) is 4.57. The molecule has 0 heterocycles. The summed E-state index contributed by atoms with van der Waals surface area (Å²) in [7, 11) is -4.88. The van der Waals surface area contributed by atoms with Gasteiger partial charge >= 0.3 is 0 Å². The Labute approximate surface area is 125 Å². The Morgan fingerprint density at radius 3 is 2.57 bits per heavy atom. The van der Waals surface area contributed by atoms with Gasteiger partial charge in [-0.15, -0.1) is 0 Å². The lowest BCUT2D eigenvalue weighted by atomic mass is 10.3. The number of hydrogen-bond donors (Lipinski definition) is 2. The summed E-state index contributed by atoms with van der Waals surface area (Å²) in [5, 5.41) is 10.6. The predicted molar refractivity (Wildman–Crippen MR) is 80.8 cm³/mol. The second kappa shape index (κ2) is 6.96. The molecular formula is C11H17N3O5S2. The highest BCUT2D eigenvalue weighted by Crippen LogP contribution is 2.23. The van der Waals surface area contributed by atoms with Crippen molar-refractivity contribution in [2.24, 2.45) is 0 Å². The summed E-state index contributed by atoms with van der Waals surface area (Å²) in [5.74, 6) is 0.374. The van der Waals surface area contributed by atoms with E-state index in [1.54, 1.807) is 6.92 Å². The van der Waals surface area contributed by atoms with Crippen LogP contribution in [0.15, 0.2) is 23.1 Å². The van der Waals surface area contributed by atoms with E-state index < -0.39 is 31.8 Å². The highest BCUT2D eigenvalue weighted by atomic mass is 32.2. The average Bonchev–Trinajstić information content (AvgIpc) is 2.35. The number of anilines is 1. The van der Waals surface area contributed by atoms with Gasteiger partial charge in [0, 0.05) is 41.0 Å². The summed E-state index contributed by atoms with van der Waals surface area (Å²) < 4.78 is 37.7. The molecule has 2 atom stereocenters. The first-order chi connectivity index (χ1) is 9.63. The summed E-state index contributed by atoms with van der Waals surface area (Å²) in [6.07, 6.45) is 1.95. The van der Waals surface area contributed by atoms with Crippen molar-refractivity contribution >= 4 is 32.2 Å². The molecule has 0 saturated heterocycles. The Morgan fingerprint density at radius 2 is 2.10 bits per heavy atom. The Hall–Kier alpha value is -1.52. The number of non-ortho nitro benzene ring substituents is 1. The fraction of sp³-hybridized carbons (Fsp3) is 0.455. The maximum atomic E-state index is 12.2. The van der Waals surface area contributed by atoms with Crippen LogP contribution in [0.2, 0.25) is 0 Å². The molecule has 21 heavy (non-hydrogen) atoms. The molecule has 0 aromatic heterocycles. The van der Waals surface area contributed by atoms with E-state index in [0.29, 0.717) is 12.2 Å². The van der Waals surface area contributed by atoms with Gasteiger partial charge in [-0.2, -0.15) is 0 Å². The van der Waals surface area contributed by atoms with Crippen LogP contribution >= 0.6 is 0 Å². The second-order valence-corrected chi connectivity index (χ2v) is 7.80. The first-order valence-electron chi connectivity index (χ1n) is 5.99. The van der Waals surface area contributed by atoms with Gasteiger partial charge in [-0.25, -0.2) is 13.1 Å². The number of nitrogen functional groups attached to an aromatic ring is 1. The lowest BCUT2D eigenvalue weighted by Crippen LogP contribution is -2.34. The minimum Gasteiger partial charge on any atom is -0.397 e. The Bertz CT molecular complexity index is 660. The zero-order valence-corrected chi connectivity index (χ0v) is 13.2. The number of nitrogens with two attached hydrogens (primary N) is 1. The first-order valence-corrected chi connectivity index (χ1v) is 9.21. The van der Waals surface area contributed by atoms with E-state index in [1.807, 2.05) is 0 Å². The van der Waals surface area contributed by atoms with Crippen molar-refractivity contribution in [3.05, 3.63) is 28.3 Å². The molecule has 0 radical (unpaired) electrons. The minimum absolute atomic E-state index is 0.192. The van der Waals surface area contributed by atoms with Crippen LogP contribution in [-0.2, 0) is 20.8 Å². The first kappa shape index (κ1) is 17.5. The number of nitrogens with one attached hydrogen (secondary N) is 1. The topological polar surface area (TPSA) is 132 Å². The number of nitro benzene ring substituents is 1. The minimum atomic E-state index is -3.88. The molecule has 118 valence electrons. The summed E-state index contributed by atoms with van der Waals surface area (Å²) in [6, 6.07) is 2.76. The summed E-state index contributed by atoms with van der Waals surface area (Å²) in [6.45, 7) is 1.64. The van der Waals surface area contributed by atoms with Gasteiger partial charge in [0.05, 0.1) is 10.6 Å². The van der Waals surface area contributed by atoms with E-state index in [1.165, 1.54) is 6.26 Å². The van der Waals surface area contributed by atoms with Crippen LogP contribution in [0, 0.1) is 10.1 Å². The highest BCUT2D eigenvalue weighted by molar-refractivity contribution is 7.89. The van der Waals surface area contributed by atoms with Crippen molar-refractivity contribution in [3.63, 3.8) is 0 Å². The molecule has 0 aliphatic carbocycles. The fourth-order valence-corrected chi connectivity index (χ4v) is 3.70. The van der Waals surface area contributed by atoms with Gasteiger partial charge in [0.2, 0.25) is 10.0 Å². The van der Waals surface area contributed by atoms with E-state index in [-0.39, 0.29) is 16.3 Å².